The monoisotopic (exact) mass is 230 g/mol. The molecular formula is C12H26N2O2. The number of aliphatic hydroxyl groups is 1. The third kappa shape index (κ3) is 8.68. The third-order valence-corrected chi connectivity index (χ3v) is 2.39. The third-order valence-electron chi connectivity index (χ3n) is 2.39. The van der Waals surface area contributed by atoms with Crippen LogP contribution in [0.25, 0.3) is 0 Å². The molecule has 0 fully saturated rings. The van der Waals surface area contributed by atoms with Gasteiger partial charge in [-0.3, -0.25) is 4.79 Å². The Bertz CT molecular complexity index is 203. The van der Waals surface area contributed by atoms with Crippen LogP contribution >= 0.6 is 0 Å². The zero-order valence-electron chi connectivity index (χ0n) is 11.0. The maximum atomic E-state index is 10.9. The van der Waals surface area contributed by atoms with Crippen molar-refractivity contribution in [3.05, 3.63) is 0 Å². The first-order chi connectivity index (χ1) is 7.37. The minimum atomic E-state index is -0.652. The fraction of sp³-hybridized carbons (Fsp3) is 0.917. The Balaban J connectivity index is 3.54. The first kappa shape index (κ1) is 15.4. The van der Waals surface area contributed by atoms with E-state index in [1.165, 1.54) is 0 Å². The van der Waals surface area contributed by atoms with Gasteiger partial charge in [0.05, 0.1) is 5.60 Å². The number of amides is 1. The summed E-state index contributed by atoms with van der Waals surface area (Å²) in [4.78, 5) is 10.9. The smallest absolute Gasteiger partial charge is 0.219 e. The number of hydrogen-bond donors (Lipinski definition) is 3. The highest BCUT2D eigenvalue weighted by Gasteiger charge is 2.20. The van der Waals surface area contributed by atoms with Crippen LogP contribution in [0.2, 0.25) is 0 Å². The van der Waals surface area contributed by atoms with Gasteiger partial charge in [0.1, 0.15) is 0 Å². The maximum Gasteiger partial charge on any atom is 0.219 e. The highest BCUT2D eigenvalue weighted by Crippen LogP contribution is 2.14. The van der Waals surface area contributed by atoms with Gasteiger partial charge >= 0.3 is 0 Å². The van der Waals surface area contributed by atoms with Gasteiger partial charge in [-0.2, -0.15) is 0 Å². The molecule has 1 atom stereocenters. The summed E-state index contributed by atoms with van der Waals surface area (Å²) < 4.78 is 0. The largest absolute Gasteiger partial charge is 0.389 e. The van der Waals surface area contributed by atoms with Crippen LogP contribution in [-0.2, 0) is 4.79 Å². The summed E-state index contributed by atoms with van der Waals surface area (Å²) in [5.41, 5.74) is -0.652. The van der Waals surface area contributed by atoms with Gasteiger partial charge in [-0.15, -0.1) is 0 Å². The molecule has 3 N–H and O–H groups in total. The molecule has 4 nitrogen and oxygen atoms in total. The second kappa shape index (κ2) is 7.63. The standard InChI is InChI=1S/C12H26N2O2/c1-10(2)8-12(3,16)9-14-7-5-6-11(15)13-4/h10,14,16H,5-9H2,1-4H3,(H,13,15). The minimum Gasteiger partial charge on any atom is -0.389 e. The molecule has 4 heteroatoms. The lowest BCUT2D eigenvalue weighted by Gasteiger charge is -2.25. The van der Waals surface area contributed by atoms with E-state index >= 15 is 0 Å². The fourth-order valence-electron chi connectivity index (χ4n) is 1.81. The molecule has 1 amide bonds. The van der Waals surface area contributed by atoms with Crippen molar-refractivity contribution in [3.63, 3.8) is 0 Å². The zero-order valence-corrected chi connectivity index (χ0v) is 11.0. The number of nitrogens with one attached hydrogen (secondary N) is 2. The summed E-state index contributed by atoms with van der Waals surface area (Å²) in [6.07, 6.45) is 2.13. The number of hydrogen-bond acceptors (Lipinski definition) is 3. The average Bonchev–Trinajstić information content (AvgIpc) is 2.14. The summed E-state index contributed by atoms with van der Waals surface area (Å²) in [5.74, 6) is 0.554. The van der Waals surface area contributed by atoms with Crippen LogP contribution in [0.3, 0.4) is 0 Å². The topological polar surface area (TPSA) is 61.4 Å². The summed E-state index contributed by atoms with van der Waals surface area (Å²) in [7, 11) is 1.64. The van der Waals surface area contributed by atoms with E-state index < -0.39 is 5.60 Å². The summed E-state index contributed by atoms with van der Waals surface area (Å²) in [6, 6.07) is 0. The van der Waals surface area contributed by atoms with E-state index in [1.54, 1.807) is 7.05 Å². The molecular weight excluding hydrogens is 204 g/mol. The number of rotatable bonds is 8. The van der Waals surface area contributed by atoms with Crippen LogP contribution in [0.4, 0.5) is 0 Å². The van der Waals surface area contributed by atoms with E-state index in [-0.39, 0.29) is 5.91 Å². The molecule has 0 spiro atoms. The van der Waals surface area contributed by atoms with Crippen molar-refractivity contribution >= 4 is 5.91 Å². The molecule has 0 aromatic carbocycles. The van der Waals surface area contributed by atoms with Gasteiger partial charge in [0.15, 0.2) is 0 Å². The van der Waals surface area contributed by atoms with Crippen molar-refractivity contribution in [3.8, 4) is 0 Å². The Labute approximate surface area is 98.8 Å². The molecule has 96 valence electrons. The Morgan fingerprint density at radius 2 is 2.06 bits per heavy atom. The van der Waals surface area contributed by atoms with Gasteiger partial charge < -0.3 is 15.7 Å². The lowest BCUT2D eigenvalue weighted by Crippen LogP contribution is -2.39. The maximum absolute atomic E-state index is 10.9. The first-order valence-corrected chi connectivity index (χ1v) is 6.01. The molecule has 0 aromatic heterocycles. The van der Waals surface area contributed by atoms with E-state index in [1.807, 2.05) is 6.92 Å². The van der Waals surface area contributed by atoms with Gasteiger partial charge in [0, 0.05) is 20.0 Å². The predicted molar refractivity (Wildman–Crippen MR) is 66.2 cm³/mol. The van der Waals surface area contributed by atoms with Crippen LogP contribution in [0.1, 0.15) is 40.0 Å². The Hall–Kier alpha value is -0.610. The molecule has 0 rings (SSSR count). The minimum absolute atomic E-state index is 0.0655. The second-order valence-electron chi connectivity index (χ2n) is 5.05. The Morgan fingerprint density at radius 1 is 1.44 bits per heavy atom. The van der Waals surface area contributed by atoms with Crippen LogP contribution in [-0.4, -0.2) is 36.8 Å². The lowest BCUT2D eigenvalue weighted by molar-refractivity contribution is -0.120. The molecule has 0 heterocycles. The molecule has 1 unspecified atom stereocenters. The van der Waals surface area contributed by atoms with E-state index in [0.29, 0.717) is 18.9 Å². The molecule has 0 bridgehead atoms. The summed E-state index contributed by atoms with van der Waals surface area (Å²) in [5, 5.41) is 15.8. The molecule has 0 saturated carbocycles. The normalized spacial score (nSPS) is 14.9. The van der Waals surface area contributed by atoms with Crippen molar-refractivity contribution in [2.24, 2.45) is 5.92 Å². The first-order valence-electron chi connectivity index (χ1n) is 6.01. The van der Waals surface area contributed by atoms with Crippen LogP contribution in [0, 0.1) is 5.92 Å². The van der Waals surface area contributed by atoms with Crippen LogP contribution < -0.4 is 10.6 Å². The Morgan fingerprint density at radius 3 is 2.56 bits per heavy atom. The lowest BCUT2D eigenvalue weighted by atomic mass is 9.94. The fourth-order valence-corrected chi connectivity index (χ4v) is 1.81. The highest BCUT2D eigenvalue weighted by atomic mass is 16.3. The van der Waals surface area contributed by atoms with Gasteiger partial charge in [-0.25, -0.2) is 0 Å². The molecule has 0 aliphatic carbocycles. The molecule has 0 aromatic rings. The van der Waals surface area contributed by atoms with Gasteiger partial charge in [0.25, 0.3) is 0 Å². The van der Waals surface area contributed by atoms with E-state index in [0.717, 1.165) is 19.4 Å². The molecule has 0 radical (unpaired) electrons. The highest BCUT2D eigenvalue weighted by molar-refractivity contribution is 5.75. The quantitative estimate of drug-likeness (QED) is 0.543. The number of carbonyl (C=O) groups excluding carboxylic acids is 1. The summed E-state index contributed by atoms with van der Waals surface area (Å²) >= 11 is 0. The second-order valence-corrected chi connectivity index (χ2v) is 5.05. The van der Waals surface area contributed by atoms with Gasteiger partial charge in [-0.1, -0.05) is 13.8 Å². The van der Waals surface area contributed by atoms with Crippen molar-refractivity contribution in [2.45, 2.75) is 45.6 Å². The number of carbonyl (C=O) groups is 1. The SMILES string of the molecule is CNC(=O)CCCNCC(C)(O)CC(C)C. The molecule has 0 aliphatic rings. The van der Waals surface area contributed by atoms with Crippen molar-refractivity contribution in [2.75, 3.05) is 20.1 Å². The summed E-state index contributed by atoms with van der Waals surface area (Å²) in [6.45, 7) is 7.39. The van der Waals surface area contributed by atoms with Crippen molar-refractivity contribution in [1.29, 1.82) is 0 Å². The van der Waals surface area contributed by atoms with E-state index in [2.05, 4.69) is 24.5 Å². The van der Waals surface area contributed by atoms with Crippen LogP contribution in [0.15, 0.2) is 0 Å². The molecule has 0 aliphatic heterocycles. The average molecular weight is 230 g/mol. The van der Waals surface area contributed by atoms with Crippen LogP contribution in [0.5, 0.6) is 0 Å². The van der Waals surface area contributed by atoms with Gasteiger partial charge in [-0.05, 0) is 32.2 Å². The molecule has 16 heavy (non-hydrogen) atoms. The van der Waals surface area contributed by atoms with E-state index in [9.17, 15) is 9.90 Å². The van der Waals surface area contributed by atoms with Crippen molar-refractivity contribution < 1.29 is 9.90 Å². The Kier molecular flexibility index (Phi) is 7.34. The van der Waals surface area contributed by atoms with E-state index in [4.69, 9.17) is 0 Å². The van der Waals surface area contributed by atoms with Gasteiger partial charge in [0.2, 0.25) is 5.91 Å². The van der Waals surface area contributed by atoms with Crippen molar-refractivity contribution in [1.82, 2.24) is 10.6 Å². The molecule has 0 saturated heterocycles. The predicted octanol–water partition coefficient (Wildman–Crippen LogP) is 0.899. The zero-order chi connectivity index (χ0) is 12.6.